The Morgan fingerprint density at radius 1 is 0.895 bits per heavy atom. The first-order valence-corrected chi connectivity index (χ1v) is 9.89. The number of anilines is 1. The van der Waals surface area contributed by atoms with Gasteiger partial charge in [0.1, 0.15) is 17.0 Å². The number of nitrogens with two attached hydrogens (primary N) is 1. The molecule has 0 radical (unpaired) electrons. The maximum absolute atomic E-state index is 15.0. The summed E-state index contributed by atoms with van der Waals surface area (Å²) in [5.74, 6) is -10.2. The lowest BCUT2D eigenvalue weighted by atomic mass is 10.1. The highest BCUT2D eigenvalue weighted by atomic mass is 19.4. The van der Waals surface area contributed by atoms with Crippen LogP contribution in [-0.2, 0) is 6.18 Å². The van der Waals surface area contributed by atoms with Crippen LogP contribution >= 0.6 is 0 Å². The molecule has 16 heteroatoms. The van der Waals surface area contributed by atoms with Gasteiger partial charge in [-0.1, -0.05) is 0 Å². The van der Waals surface area contributed by atoms with Crippen molar-refractivity contribution < 1.29 is 58.9 Å². The molecule has 3 N–H and O–H groups in total. The molecular weight excluding hydrogens is 538 g/mol. The van der Waals surface area contributed by atoms with Crippen LogP contribution in [0, 0.1) is 11.6 Å². The van der Waals surface area contributed by atoms with Gasteiger partial charge in [0.15, 0.2) is 17.3 Å². The third-order valence-corrected chi connectivity index (χ3v) is 4.59. The molecule has 38 heavy (non-hydrogen) atoms. The van der Waals surface area contributed by atoms with Crippen LogP contribution in [0.25, 0.3) is 0 Å². The van der Waals surface area contributed by atoms with Gasteiger partial charge < -0.3 is 25.3 Å². The molecule has 0 spiro atoms. The van der Waals surface area contributed by atoms with Gasteiger partial charge in [0.05, 0.1) is 24.6 Å². The van der Waals surface area contributed by atoms with Crippen molar-refractivity contribution in [1.29, 1.82) is 0 Å². The van der Waals surface area contributed by atoms with Crippen molar-refractivity contribution in [2.45, 2.75) is 12.5 Å². The van der Waals surface area contributed by atoms with Gasteiger partial charge >= 0.3 is 12.5 Å². The van der Waals surface area contributed by atoms with Crippen molar-refractivity contribution in [3.8, 4) is 23.0 Å². The number of primary amides is 1. The maximum atomic E-state index is 15.0. The monoisotopic (exact) mass is 551 g/mol. The van der Waals surface area contributed by atoms with E-state index in [1.807, 2.05) is 0 Å². The topological polar surface area (TPSA) is 113 Å². The standard InChI is InChI=1S/C22H13F8N3O5/c1-36-18-14(7-6-13(17(18)24)38-22(28,29)30)37-12-5-3-10(21(25,26)27)16(23)15(12)20(35)33-9-2-4-11(19(31)34)32-8-9/h2-8H,1H3,(H2,31,34)(H,33,35). The molecule has 0 saturated heterocycles. The van der Waals surface area contributed by atoms with Crippen molar-refractivity contribution in [2.75, 3.05) is 12.4 Å². The highest BCUT2D eigenvalue weighted by molar-refractivity contribution is 6.06. The predicted octanol–water partition coefficient (Wildman–Crippen LogP) is 5.43. The van der Waals surface area contributed by atoms with Crippen molar-refractivity contribution in [2.24, 2.45) is 5.73 Å². The highest BCUT2D eigenvalue weighted by Crippen LogP contribution is 2.42. The van der Waals surface area contributed by atoms with E-state index in [1.165, 1.54) is 0 Å². The van der Waals surface area contributed by atoms with Crippen molar-refractivity contribution in [1.82, 2.24) is 4.98 Å². The fourth-order valence-electron chi connectivity index (χ4n) is 2.99. The van der Waals surface area contributed by atoms with E-state index in [1.54, 1.807) is 0 Å². The number of benzene rings is 2. The second-order valence-electron chi connectivity index (χ2n) is 7.11. The van der Waals surface area contributed by atoms with Crippen LogP contribution in [-0.4, -0.2) is 30.3 Å². The van der Waals surface area contributed by atoms with E-state index >= 15 is 0 Å². The number of carbonyl (C=O) groups excluding carboxylic acids is 2. The Labute approximate surface area is 206 Å². The molecule has 0 fully saturated rings. The van der Waals surface area contributed by atoms with Gasteiger partial charge in [0.25, 0.3) is 11.8 Å². The quantitative estimate of drug-likeness (QED) is 0.379. The molecule has 0 unspecified atom stereocenters. The van der Waals surface area contributed by atoms with Crippen LogP contribution < -0.4 is 25.3 Å². The largest absolute Gasteiger partial charge is 0.573 e. The molecule has 8 nitrogen and oxygen atoms in total. The van der Waals surface area contributed by atoms with Gasteiger partial charge in [-0.15, -0.1) is 13.2 Å². The number of methoxy groups -OCH3 is 1. The summed E-state index contributed by atoms with van der Waals surface area (Å²) < 4.78 is 120. The van der Waals surface area contributed by atoms with Gasteiger partial charge in [0, 0.05) is 0 Å². The Morgan fingerprint density at radius 3 is 2.05 bits per heavy atom. The van der Waals surface area contributed by atoms with Gasteiger partial charge in [-0.05, 0) is 36.4 Å². The lowest BCUT2D eigenvalue weighted by Gasteiger charge is -2.18. The van der Waals surface area contributed by atoms with E-state index in [9.17, 15) is 44.7 Å². The fourth-order valence-corrected chi connectivity index (χ4v) is 2.99. The minimum absolute atomic E-state index is 0.194. The Kier molecular flexibility index (Phi) is 7.64. The number of hydrogen-bond donors (Lipinski definition) is 2. The number of alkyl halides is 6. The number of ether oxygens (including phenoxy) is 3. The van der Waals surface area contributed by atoms with E-state index in [0.29, 0.717) is 18.2 Å². The maximum Gasteiger partial charge on any atom is 0.573 e. The molecule has 1 aromatic heterocycles. The Morgan fingerprint density at radius 2 is 1.53 bits per heavy atom. The molecule has 0 atom stereocenters. The zero-order chi connectivity index (χ0) is 28.4. The molecule has 0 aliphatic heterocycles. The molecule has 0 aliphatic carbocycles. The fraction of sp³-hybridized carbons (Fsp3) is 0.136. The zero-order valence-corrected chi connectivity index (χ0v) is 18.6. The molecule has 3 aromatic rings. The normalized spacial score (nSPS) is 11.6. The number of aromatic nitrogens is 1. The molecule has 0 bridgehead atoms. The minimum atomic E-state index is -5.28. The third kappa shape index (κ3) is 6.19. The average Bonchev–Trinajstić information content (AvgIpc) is 2.80. The molecular formula is C22H13F8N3O5. The summed E-state index contributed by atoms with van der Waals surface area (Å²) >= 11 is 0. The lowest BCUT2D eigenvalue weighted by Crippen LogP contribution is -2.19. The Hall–Kier alpha value is -4.63. The number of carbonyl (C=O) groups is 2. The van der Waals surface area contributed by atoms with E-state index in [2.05, 4.69) is 19.8 Å². The van der Waals surface area contributed by atoms with Crippen LogP contribution in [0.3, 0.4) is 0 Å². The van der Waals surface area contributed by atoms with Gasteiger partial charge in [-0.25, -0.2) is 9.37 Å². The van der Waals surface area contributed by atoms with Crippen molar-refractivity contribution in [3.63, 3.8) is 0 Å². The van der Waals surface area contributed by atoms with Crippen molar-refractivity contribution in [3.05, 3.63) is 71.1 Å². The number of rotatable bonds is 7. The molecule has 202 valence electrons. The smallest absolute Gasteiger partial charge is 0.490 e. The van der Waals surface area contributed by atoms with Crippen molar-refractivity contribution >= 4 is 17.5 Å². The molecule has 0 aliphatic rings. The number of nitrogens with one attached hydrogen (secondary N) is 1. The second kappa shape index (κ2) is 10.4. The summed E-state index contributed by atoms with van der Waals surface area (Å²) in [7, 11) is 0.826. The molecule has 1 heterocycles. The predicted molar refractivity (Wildman–Crippen MR) is 112 cm³/mol. The summed E-state index contributed by atoms with van der Waals surface area (Å²) in [5.41, 5.74) is 1.46. The minimum Gasteiger partial charge on any atom is -0.490 e. The van der Waals surface area contributed by atoms with E-state index in [-0.39, 0.29) is 17.4 Å². The molecule has 0 saturated carbocycles. The second-order valence-corrected chi connectivity index (χ2v) is 7.11. The summed E-state index contributed by atoms with van der Waals surface area (Å²) in [6.07, 6.45) is -9.62. The van der Waals surface area contributed by atoms with Gasteiger partial charge in [-0.2, -0.15) is 17.6 Å². The first-order valence-electron chi connectivity index (χ1n) is 9.89. The first-order chi connectivity index (χ1) is 17.6. The number of nitrogens with zero attached hydrogens (tertiary/aromatic N) is 1. The van der Waals surface area contributed by atoms with Crippen LogP contribution in [0.1, 0.15) is 26.4 Å². The Balaban J connectivity index is 2.07. The lowest BCUT2D eigenvalue weighted by molar-refractivity contribution is -0.275. The van der Waals surface area contributed by atoms with Crippen LogP contribution in [0.15, 0.2) is 42.6 Å². The average molecular weight is 551 g/mol. The number of pyridine rings is 1. The molecule has 3 rings (SSSR count). The zero-order valence-electron chi connectivity index (χ0n) is 18.6. The molecule has 2 aromatic carbocycles. The van der Waals surface area contributed by atoms with Gasteiger partial charge in [-0.3, -0.25) is 9.59 Å². The van der Waals surface area contributed by atoms with E-state index < -0.39 is 70.1 Å². The number of halogens is 8. The SMILES string of the molecule is COc1c(Oc2ccc(C(F)(F)F)c(F)c2C(=O)Nc2ccc(C(N)=O)nc2)ccc(OC(F)(F)F)c1F. The summed E-state index contributed by atoms with van der Waals surface area (Å²) in [6.45, 7) is 0. The van der Waals surface area contributed by atoms with E-state index in [0.717, 1.165) is 25.4 Å². The summed E-state index contributed by atoms with van der Waals surface area (Å²) in [4.78, 5) is 27.5. The summed E-state index contributed by atoms with van der Waals surface area (Å²) in [5, 5.41) is 2.05. The van der Waals surface area contributed by atoms with Gasteiger partial charge in [0.2, 0.25) is 11.6 Å². The number of hydrogen-bond acceptors (Lipinski definition) is 6. The van der Waals surface area contributed by atoms with Crippen LogP contribution in [0.4, 0.5) is 40.8 Å². The van der Waals surface area contributed by atoms with Crippen LogP contribution in [0.2, 0.25) is 0 Å². The third-order valence-electron chi connectivity index (χ3n) is 4.59. The van der Waals surface area contributed by atoms with Crippen LogP contribution in [0.5, 0.6) is 23.0 Å². The summed E-state index contributed by atoms with van der Waals surface area (Å²) in [6, 6.07) is 4.08. The first kappa shape index (κ1) is 27.9. The van der Waals surface area contributed by atoms with E-state index in [4.69, 9.17) is 10.5 Å². The highest BCUT2D eigenvalue weighted by Gasteiger charge is 2.38. The Bertz CT molecular complexity index is 1380. The molecule has 2 amide bonds. The number of amides is 2.